The van der Waals surface area contributed by atoms with Gasteiger partial charge in [-0.25, -0.2) is 10.2 Å². The number of amides is 3. The van der Waals surface area contributed by atoms with Crippen LogP contribution in [0.1, 0.15) is 17.3 Å². The van der Waals surface area contributed by atoms with Gasteiger partial charge in [0.15, 0.2) is 0 Å². The Morgan fingerprint density at radius 2 is 1.94 bits per heavy atom. The van der Waals surface area contributed by atoms with E-state index >= 15 is 0 Å². The van der Waals surface area contributed by atoms with Crippen molar-refractivity contribution in [1.82, 2.24) is 14.0 Å². The Morgan fingerprint density at radius 1 is 1.35 bits per heavy atom. The zero-order valence-electron chi connectivity index (χ0n) is 9.04. The summed E-state index contributed by atoms with van der Waals surface area (Å²) in [4.78, 5) is 23.0. The highest BCUT2D eigenvalue weighted by atomic mass is 127. The lowest BCUT2D eigenvalue weighted by Gasteiger charge is -2.15. The van der Waals surface area contributed by atoms with E-state index in [-0.39, 0.29) is 5.91 Å². The number of nitrogens with zero attached hydrogens (tertiary/aromatic N) is 1. The third kappa shape index (κ3) is 4.39. The van der Waals surface area contributed by atoms with E-state index in [2.05, 4.69) is 10.7 Å². The number of carbonyl (C=O) groups excluding carboxylic acids is 2. The largest absolute Gasteiger partial charge is 0.337 e. The average Bonchev–Trinajstić information content (AvgIpc) is 2.29. The van der Waals surface area contributed by atoms with E-state index in [1.54, 1.807) is 54.1 Å². The smallest absolute Gasteiger partial charge is 0.334 e. The van der Waals surface area contributed by atoms with Crippen molar-refractivity contribution >= 4 is 46.4 Å². The fourth-order valence-corrected chi connectivity index (χ4v) is 1.67. The highest BCUT2D eigenvalue weighted by Gasteiger charge is 2.14. The number of hydrogen-bond acceptors (Lipinski definition) is 2. The Balaban J connectivity index is 2.63. The van der Waals surface area contributed by atoms with E-state index in [0.29, 0.717) is 17.1 Å². The summed E-state index contributed by atoms with van der Waals surface area (Å²) in [5.74, 6) is -0.325. The highest BCUT2D eigenvalue weighted by molar-refractivity contribution is 14.1. The fourth-order valence-electron chi connectivity index (χ4n) is 1.05. The SMILES string of the molecule is CCNC(=O)NN(I)C(=O)c1ccc(Cl)cc1. The molecule has 0 unspecified atom stereocenters. The predicted octanol–water partition coefficient (Wildman–Crippen LogP) is 2.37. The molecule has 0 spiro atoms. The van der Waals surface area contributed by atoms with Crippen LogP contribution in [0.5, 0.6) is 0 Å². The Labute approximate surface area is 118 Å². The predicted molar refractivity (Wildman–Crippen MR) is 73.8 cm³/mol. The Kier molecular flexibility index (Phi) is 5.49. The van der Waals surface area contributed by atoms with Crippen molar-refractivity contribution in [1.29, 1.82) is 0 Å². The molecule has 5 nitrogen and oxygen atoms in total. The van der Waals surface area contributed by atoms with Crippen LogP contribution in [0.15, 0.2) is 24.3 Å². The van der Waals surface area contributed by atoms with Gasteiger partial charge in [0.05, 0.1) is 22.9 Å². The van der Waals surface area contributed by atoms with Crippen LogP contribution in [-0.2, 0) is 0 Å². The van der Waals surface area contributed by atoms with E-state index < -0.39 is 6.03 Å². The highest BCUT2D eigenvalue weighted by Crippen LogP contribution is 2.12. The minimum absolute atomic E-state index is 0.325. The molecule has 0 aromatic heterocycles. The van der Waals surface area contributed by atoms with Crippen molar-refractivity contribution in [2.45, 2.75) is 6.92 Å². The molecule has 0 aliphatic carbocycles. The minimum Gasteiger partial charge on any atom is -0.337 e. The fraction of sp³-hybridized carbons (Fsp3) is 0.200. The number of benzene rings is 1. The first kappa shape index (κ1) is 14.0. The van der Waals surface area contributed by atoms with Crippen LogP contribution in [0.25, 0.3) is 0 Å². The lowest BCUT2D eigenvalue weighted by atomic mass is 10.2. The first-order valence-electron chi connectivity index (χ1n) is 4.85. The molecule has 0 radical (unpaired) electrons. The second-order valence-corrected chi connectivity index (χ2v) is 4.47. The quantitative estimate of drug-likeness (QED) is 0.479. The van der Waals surface area contributed by atoms with Crippen LogP contribution < -0.4 is 10.7 Å². The maximum atomic E-state index is 11.8. The number of carbonyl (C=O) groups is 2. The number of nitrogens with one attached hydrogen (secondary N) is 2. The van der Waals surface area contributed by atoms with Gasteiger partial charge in [-0.15, -0.1) is 0 Å². The minimum atomic E-state index is -0.427. The van der Waals surface area contributed by atoms with Crippen LogP contribution in [0, 0.1) is 0 Å². The third-order valence-corrected chi connectivity index (χ3v) is 2.74. The summed E-state index contributed by atoms with van der Waals surface area (Å²) in [6.45, 7) is 2.28. The first-order chi connectivity index (χ1) is 8.04. The molecular formula is C10H11ClIN3O2. The van der Waals surface area contributed by atoms with E-state index in [0.717, 1.165) is 3.22 Å². The van der Waals surface area contributed by atoms with Gasteiger partial charge in [0.25, 0.3) is 5.91 Å². The van der Waals surface area contributed by atoms with Gasteiger partial charge in [-0.3, -0.25) is 4.79 Å². The van der Waals surface area contributed by atoms with Crippen molar-refractivity contribution in [3.63, 3.8) is 0 Å². The summed E-state index contributed by atoms with van der Waals surface area (Å²) in [6.07, 6.45) is 0. The van der Waals surface area contributed by atoms with Crippen molar-refractivity contribution in [2.75, 3.05) is 6.54 Å². The summed E-state index contributed by atoms with van der Waals surface area (Å²) >= 11 is 7.43. The van der Waals surface area contributed by atoms with E-state index in [4.69, 9.17) is 11.6 Å². The van der Waals surface area contributed by atoms with Gasteiger partial charge in [-0.05, 0) is 31.2 Å². The van der Waals surface area contributed by atoms with Crippen LogP contribution in [-0.4, -0.2) is 21.7 Å². The van der Waals surface area contributed by atoms with E-state index in [9.17, 15) is 9.59 Å². The van der Waals surface area contributed by atoms with Gasteiger partial charge in [-0.1, -0.05) is 11.6 Å². The number of halogens is 2. The molecule has 0 heterocycles. The average molecular weight is 368 g/mol. The van der Waals surface area contributed by atoms with Crippen molar-refractivity contribution in [3.05, 3.63) is 34.9 Å². The molecule has 3 amide bonds. The molecule has 0 aliphatic heterocycles. The van der Waals surface area contributed by atoms with Gasteiger partial charge in [0, 0.05) is 17.1 Å². The van der Waals surface area contributed by atoms with Gasteiger partial charge >= 0.3 is 6.03 Å². The van der Waals surface area contributed by atoms with Crippen LogP contribution in [0.4, 0.5) is 4.79 Å². The summed E-state index contributed by atoms with van der Waals surface area (Å²) < 4.78 is 1.09. The normalized spacial score (nSPS) is 9.59. The standard InChI is InChI=1S/C10H11ClIN3O2/c1-2-13-10(17)14-15(12)9(16)7-3-5-8(11)6-4-7/h3-6H,2H2,1H3,(H2,13,14,17). The molecule has 1 aromatic carbocycles. The van der Waals surface area contributed by atoms with E-state index in [1.807, 2.05) is 0 Å². The molecule has 17 heavy (non-hydrogen) atoms. The first-order valence-corrected chi connectivity index (χ1v) is 6.19. The van der Waals surface area contributed by atoms with Gasteiger partial charge in [0.1, 0.15) is 0 Å². The Morgan fingerprint density at radius 3 is 2.47 bits per heavy atom. The molecule has 0 saturated carbocycles. The van der Waals surface area contributed by atoms with Gasteiger partial charge in [-0.2, -0.15) is 3.22 Å². The molecule has 0 atom stereocenters. The molecule has 92 valence electrons. The second-order valence-electron chi connectivity index (χ2n) is 3.06. The van der Waals surface area contributed by atoms with Gasteiger partial charge in [0.2, 0.25) is 0 Å². The Hall–Kier alpha value is -1.02. The summed E-state index contributed by atoms with van der Waals surface area (Å²) in [7, 11) is 0. The molecule has 0 fully saturated rings. The molecule has 0 bridgehead atoms. The van der Waals surface area contributed by atoms with E-state index in [1.165, 1.54) is 0 Å². The molecule has 1 rings (SSSR count). The summed E-state index contributed by atoms with van der Waals surface area (Å²) in [5, 5.41) is 3.08. The molecular weight excluding hydrogens is 356 g/mol. The Bertz CT molecular complexity index is 411. The van der Waals surface area contributed by atoms with Crippen molar-refractivity contribution in [2.24, 2.45) is 0 Å². The maximum Gasteiger partial charge on any atom is 0.334 e. The number of urea groups is 1. The van der Waals surface area contributed by atoms with Crippen LogP contribution in [0.3, 0.4) is 0 Å². The zero-order chi connectivity index (χ0) is 12.8. The molecule has 1 aromatic rings. The number of hydrogen-bond donors (Lipinski definition) is 2. The van der Waals surface area contributed by atoms with Gasteiger partial charge < -0.3 is 5.32 Å². The third-order valence-electron chi connectivity index (χ3n) is 1.81. The van der Waals surface area contributed by atoms with Crippen molar-refractivity contribution in [3.8, 4) is 0 Å². The lowest BCUT2D eigenvalue weighted by Crippen LogP contribution is -2.44. The lowest BCUT2D eigenvalue weighted by molar-refractivity contribution is 0.0856. The monoisotopic (exact) mass is 367 g/mol. The molecule has 0 aliphatic rings. The van der Waals surface area contributed by atoms with Crippen LogP contribution >= 0.6 is 34.5 Å². The number of rotatable bonds is 2. The topological polar surface area (TPSA) is 61.4 Å². The van der Waals surface area contributed by atoms with Crippen molar-refractivity contribution < 1.29 is 9.59 Å². The molecule has 7 heteroatoms. The summed E-state index contributed by atoms with van der Waals surface area (Å²) in [6, 6.07) is 5.99. The summed E-state index contributed by atoms with van der Waals surface area (Å²) in [5.41, 5.74) is 2.83. The molecule has 2 N–H and O–H groups in total. The number of hydrazine groups is 1. The van der Waals surface area contributed by atoms with Crippen LogP contribution in [0.2, 0.25) is 5.02 Å². The zero-order valence-corrected chi connectivity index (χ0v) is 11.9. The second kappa shape index (κ2) is 6.65. The molecule has 0 saturated heterocycles. The maximum absolute atomic E-state index is 11.8.